The fraction of sp³-hybridized carbons (Fsp3) is 0. The van der Waals surface area contributed by atoms with Crippen molar-refractivity contribution in [1.29, 1.82) is 0 Å². The molecule has 8 N–H and O–H groups in total. The van der Waals surface area contributed by atoms with E-state index >= 15 is 0 Å². The maximum atomic E-state index is 12.1. The van der Waals surface area contributed by atoms with Crippen molar-refractivity contribution in [2.75, 3.05) is 11.5 Å². The Morgan fingerprint density at radius 3 is 2.00 bits per heavy atom. The van der Waals surface area contributed by atoms with E-state index in [0.29, 0.717) is 22.5 Å². The molecule has 0 fully saturated rings. The van der Waals surface area contributed by atoms with Crippen LogP contribution in [0.4, 0.5) is 11.4 Å². The van der Waals surface area contributed by atoms with Gasteiger partial charge in [0.25, 0.3) is 0 Å². The molecule has 0 saturated carbocycles. The van der Waals surface area contributed by atoms with Gasteiger partial charge in [0.2, 0.25) is 0 Å². The molecule has 0 unspecified atom stereocenters. The van der Waals surface area contributed by atoms with Crippen LogP contribution in [0.2, 0.25) is 0 Å². The van der Waals surface area contributed by atoms with Crippen LogP contribution in [0.15, 0.2) is 48.5 Å². The number of ketones is 1. The quantitative estimate of drug-likeness (QED) is 0.316. The lowest BCUT2D eigenvalue weighted by Crippen LogP contribution is -2.07. The van der Waals surface area contributed by atoms with Crippen LogP contribution in [-0.2, 0) is 4.57 Å². The van der Waals surface area contributed by atoms with Crippen molar-refractivity contribution in [3.05, 3.63) is 59.7 Å². The van der Waals surface area contributed by atoms with E-state index in [0.717, 1.165) is 0 Å². The van der Waals surface area contributed by atoms with E-state index in [-0.39, 0.29) is 5.78 Å². The summed E-state index contributed by atoms with van der Waals surface area (Å²) in [6.07, 6.45) is 0. The van der Waals surface area contributed by atoms with Crippen molar-refractivity contribution in [2.24, 2.45) is 5.50 Å². The molecule has 2 rings (SSSR count). The molecule has 0 amide bonds. The molecule has 7 nitrogen and oxygen atoms in total. The van der Waals surface area contributed by atoms with Crippen molar-refractivity contribution < 1.29 is 19.1 Å². The summed E-state index contributed by atoms with van der Waals surface area (Å²) in [5.74, 6) is -0.106. The first-order valence-corrected chi connectivity index (χ1v) is 7.46. The van der Waals surface area contributed by atoms with Gasteiger partial charge in [0.15, 0.2) is 5.78 Å². The molecule has 21 heavy (non-hydrogen) atoms. The van der Waals surface area contributed by atoms with Gasteiger partial charge in [0.05, 0.1) is 11.4 Å². The van der Waals surface area contributed by atoms with E-state index in [4.69, 9.17) is 25.8 Å². The predicted octanol–water partition coefficient (Wildman–Crippen LogP) is 1.12. The molecule has 0 aliphatic heterocycles. The van der Waals surface area contributed by atoms with Crippen LogP contribution in [-0.4, -0.2) is 15.6 Å². The summed E-state index contributed by atoms with van der Waals surface area (Å²) in [6.45, 7) is 0. The standard InChI is InChI=1S/C13H12N2O.H4NO3P/c14-11-8-4-7-10(12(11)15)13(16)9-5-2-1-3-6-9;1-5(2,3)4/h1-8H,14-15H2;(H4,1,2,3,4). The third kappa shape index (κ3) is 5.76. The Morgan fingerprint density at radius 2 is 1.48 bits per heavy atom. The Balaban J connectivity index is 0.000000383. The number of benzene rings is 2. The third-order valence-corrected chi connectivity index (χ3v) is 2.42. The summed E-state index contributed by atoms with van der Waals surface area (Å²) in [4.78, 5) is 26.9. The highest BCUT2D eigenvalue weighted by atomic mass is 31.2. The molecular formula is C13H16N3O4P. The van der Waals surface area contributed by atoms with E-state index in [1.807, 2.05) is 18.2 Å². The van der Waals surface area contributed by atoms with Crippen molar-refractivity contribution in [1.82, 2.24) is 0 Å². The largest absolute Gasteiger partial charge is 0.397 e. The van der Waals surface area contributed by atoms with Crippen LogP contribution in [0.5, 0.6) is 0 Å². The molecule has 0 aliphatic rings. The topological polar surface area (TPSA) is 153 Å². The molecule has 2 aromatic rings. The van der Waals surface area contributed by atoms with E-state index < -0.39 is 7.75 Å². The van der Waals surface area contributed by atoms with E-state index in [1.165, 1.54) is 0 Å². The Labute approximate surface area is 121 Å². The molecule has 0 aliphatic carbocycles. The lowest BCUT2D eigenvalue weighted by atomic mass is 10.0. The Hall–Kier alpha value is -2.18. The van der Waals surface area contributed by atoms with Gasteiger partial charge in [-0.25, -0.2) is 10.1 Å². The number of hydrogen-bond donors (Lipinski definition) is 5. The monoisotopic (exact) mass is 309 g/mol. The van der Waals surface area contributed by atoms with Crippen molar-refractivity contribution in [3.8, 4) is 0 Å². The first-order chi connectivity index (χ1) is 9.70. The molecule has 0 heterocycles. The number of anilines is 2. The van der Waals surface area contributed by atoms with E-state index in [2.05, 4.69) is 5.50 Å². The van der Waals surface area contributed by atoms with Gasteiger partial charge in [-0.2, -0.15) is 0 Å². The summed E-state index contributed by atoms with van der Waals surface area (Å²) in [5.41, 5.74) is 17.3. The third-order valence-electron chi connectivity index (χ3n) is 2.42. The first-order valence-electron chi connectivity index (χ1n) is 5.78. The zero-order chi connectivity index (χ0) is 16.0. The molecule has 112 valence electrons. The number of rotatable bonds is 2. The Morgan fingerprint density at radius 1 is 0.952 bits per heavy atom. The average Bonchev–Trinajstić information content (AvgIpc) is 2.40. The van der Waals surface area contributed by atoms with Crippen molar-refractivity contribution in [3.63, 3.8) is 0 Å². The summed E-state index contributed by atoms with van der Waals surface area (Å²) >= 11 is 0. The lowest BCUT2D eigenvalue weighted by molar-refractivity contribution is 0.103. The van der Waals surface area contributed by atoms with E-state index in [1.54, 1.807) is 30.3 Å². The van der Waals surface area contributed by atoms with Crippen LogP contribution in [0.25, 0.3) is 0 Å². The molecule has 0 spiro atoms. The summed E-state index contributed by atoms with van der Waals surface area (Å²) < 4.78 is 9.10. The van der Waals surface area contributed by atoms with Gasteiger partial charge in [0, 0.05) is 11.1 Å². The zero-order valence-corrected chi connectivity index (χ0v) is 11.9. The summed E-state index contributed by atoms with van der Waals surface area (Å²) in [5, 5.41) is 0. The predicted molar refractivity (Wildman–Crippen MR) is 81.4 cm³/mol. The molecule has 0 atom stereocenters. The number of carbonyl (C=O) groups is 1. The second-order valence-corrected chi connectivity index (χ2v) is 5.27. The molecule has 8 heteroatoms. The van der Waals surface area contributed by atoms with Crippen LogP contribution < -0.4 is 17.0 Å². The molecule has 2 aromatic carbocycles. The van der Waals surface area contributed by atoms with Crippen LogP contribution in [0.1, 0.15) is 15.9 Å². The average molecular weight is 309 g/mol. The highest BCUT2D eigenvalue weighted by Crippen LogP contribution is 2.22. The van der Waals surface area contributed by atoms with Gasteiger partial charge < -0.3 is 21.3 Å². The van der Waals surface area contributed by atoms with Gasteiger partial charge in [-0.1, -0.05) is 36.4 Å². The van der Waals surface area contributed by atoms with E-state index in [9.17, 15) is 4.79 Å². The van der Waals surface area contributed by atoms with Gasteiger partial charge in [-0.05, 0) is 12.1 Å². The van der Waals surface area contributed by atoms with Crippen molar-refractivity contribution in [2.45, 2.75) is 0 Å². The highest BCUT2D eigenvalue weighted by molar-refractivity contribution is 7.49. The maximum absolute atomic E-state index is 12.1. The van der Waals surface area contributed by atoms with Gasteiger partial charge in [0.1, 0.15) is 0 Å². The number of nitrogen functional groups attached to an aromatic ring is 2. The number of para-hydroxylation sites is 1. The molecular weight excluding hydrogens is 293 g/mol. The van der Waals surface area contributed by atoms with Crippen LogP contribution in [0.3, 0.4) is 0 Å². The van der Waals surface area contributed by atoms with Crippen LogP contribution in [0, 0.1) is 0 Å². The Kier molecular flexibility index (Phi) is 5.63. The summed E-state index contributed by atoms with van der Waals surface area (Å²) in [6, 6.07) is 14.1. The SMILES string of the molecule is NP(=O)(O)O.Nc1cccc(C(=O)c2ccccc2)c1N. The van der Waals surface area contributed by atoms with Gasteiger partial charge in [-0.15, -0.1) is 0 Å². The minimum atomic E-state index is -4.14. The fourth-order valence-electron chi connectivity index (χ4n) is 1.53. The molecule has 0 radical (unpaired) electrons. The maximum Gasteiger partial charge on any atom is 0.397 e. The van der Waals surface area contributed by atoms with Gasteiger partial charge >= 0.3 is 7.75 Å². The zero-order valence-electron chi connectivity index (χ0n) is 11.0. The minimum absolute atomic E-state index is 0.106. The number of nitrogens with two attached hydrogens (primary N) is 3. The minimum Gasteiger partial charge on any atom is -0.397 e. The Bertz CT molecular complexity index is 662. The highest BCUT2D eigenvalue weighted by Gasteiger charge is 2.12. The molecule has 0 aromatic heterocycles. The first kappa shape index (κ1) is 16.9. The van der Waals surface area contributed by atoms with Crippen molar-refractivity contribution >= 4 is 24.9 Å². The fourth-order valence-corrected chi connectivity index (χ4v) is 1.53. The second-order valence-electron chi connectivity index (χ2n) is 4.09. The number of carbonyl (C=O) groups excluding carboxylic acids is 1. The smallest absolute Gasteiger partial charge is 0.397 e. The lowest BCUT2D eigenvalue weighted by Gasteiger charge is -2.06. The second kappa shape index (κ2) is 7.01. The normalized spacial score (nSPS) is 10.4. The van der Waals surface area contributed by atoms with Gasteiger partial charge in [-0.3, -0.25) is 4.79 Å². The van der Waals surface area contributed by atoms with Crippen LogP contribution >= 0.6 is 7.75 Å². The molecule has 0 bridgehead atoms. The number of hydrogen-bond acceptors (Lipinski definition) is 4. The summed E-state index contributed by atoms with van der Waals surface area (Å²) in [7, 11) is -4.14. The molecule has 0 saturated heterocycles.